The molecule has 0 amide bonds. The van der Waals surface area contributed by atoms with E-state index >= 15 is 0 Å². The highest BCUT2D eigenvalue weighted by molar-refractivity contribution is 5.91. The van der Waals surface area contributed by atoms with E-state index in [1.54, 1.807) is 6.20 Å². The molecule has 18 heavy (non-hydrogen) atoms. The predicted octanol–water partition coefficient (Wildman–Crippen LogP) is 1.18. The summed E-state index contributed by atoms with van der Waals surface area (Å²) < 4.78 is 0. The summed E-state index contributed by atoms with van der Waals surface area (Å²) in [5, 5.41) is 31.9. The highest BCUT2D eigenvalue weighted by Gasteiger charge is 2.27. The summed E-state index contributed by atoms with van der Waals surface area (Å²) in [7, 11) is 0. The zero-order valence-electron chi connectivity index (χ0n) is 10.3. The minimum Gasteiger partial charge on any atom is -0.394 e. The van der Waals surface area contributed by atoms with Crippen LogP contribution < -0.4 is 5.32 Å². The molecule has 5 nitrogen and oxygen atoms in total. The van der Waals surface area contributed by atoms with E-state index in [-0.39, 0.29) is 13.2 Å². The van der Waals surface area contributed by atoms with E-state index in [4.69, 9.17) is 0 Å². The minimum atomic E-state index is -0.765. The number of benzene rings is 1. The van der Waals surface area contributed by atoms with Crippen molar-refractivity contribution in [1.82, 2.24) is 10.2 Å². The van der Waals surface area contributed by atoms with Crippen molar-refractivity contribution in [3.63, 3.8) is 0 Å². The molecule has 0 atom stereocenters. The zero-order chi connectivity index (χ0) is 13.0. The van der Waals surface area contributed by atoms with Crippen LogP contribution in [0.3, 0.4) is 0 Å². The smallest absolute Gasteiger partial charge is 0.157 e. The Kier molecular flexibility index (Phi) is 3.74. The topological polar surface area (TPSA) is 78.3 Å². The third-order valence-corrected chi connectivity index (χ3v) is 3.24. The quantitative estimate of drug-likeness (QED) is 0.739. The van der Waals surface area contributed by atoms with Crippen molar-refractivity contribution < 1.29 is 10.2 Å². The molecule has 96 valence electrons. The fraction of sp³-hybridized carbons (Fsp3) is 0.385. The monoisotopic (exact) mass is 247 g/mol. The standard InChI is InChI=1S/C13H17N3O2/c1-2-13(8-17,9-18)15-12-11-6-4-3-5-10(11)7-14-16-12/h3-7,17-18H,2,8-9H2,1H3,(H,15,16). The number of aromatic nitrogens is 2. The average Bonchev–Trinajstić information content (AvgIpc) is 2.45. The summed E-state index contributed by atoms with van der Waals surface area (Å²) in [6.07, 6.45) is 2.27. The predicted molar refractivity (Wildman–Crippen MR) is 70.4 cm³/mol. The number of nitrogens with one attached hydrogen (secondary N) is 1. The number of anilines is 1. The molecule has 1 aromatic heterocycles. The van der Waals surface area contributed by atoms with Crippen LogP contribution in [-0.4, -0.2) is 39.2 Å². The molecule has 0 radical (unpaired) electrons. The Balaban J connectivity index is 2.42. The first kappa shape index (κ1) is 12.7. The number of hydrogen-bond acceptors (Lipinski definition) is 5. The molecular formula is C13H17N3O2. The van der Waals surface area contributed by atoms with Crippen molar-refractivity contribution >= 4 is 16.6 Å². The first-order valence-corrected chi connectivity index (χ1v) is 5.95. The van der Waals surface area contributed by atoms with Gasteiger partial charge < -0.3 is 15.5 Å². The maximum Gasteiger partial charge on any atom is 0.157 e. The van der Waals surface area contributed by atoms with Crippen molar-refractivity contribution in [2.75, 3.05) is 18.5 Å². The highest BCUT2D eigenvalue weighted by Crippen LogP contribution is 2.23. The van der Waals surface area contributed by atoms with Gasteiger partial charge in [0.2, 0.25) is 0 Å². The molecule has 0 fully saturated rings. The van der Waals surface area contributed by atoms with Crippen LogP contribution in [0.15, 0.2) is 30.5 Å². The maximum atomic E-state index is 9.44. The van der Waals surface area contributed by atoms with Crippen molar-refractivity contribution in [3.05, 3.63) is 30.5 Å². The van der Waals surface area contributed by atoms with Crippen LogP contribution in [0.25, 0.3) is 10.8 Å². The Bertz CT molecular complexity index is 513. The summed E-state index contributed by atoms with van der Waals surface area (Å²) in [5.74, 6) is 0.582. The number of rotatable bonds is 5. The number of aliphatic hydroxyl groups excluding tert-OH is 2. The maximum absolute atomic E-state index is 9.44. The van der Waals surface area contributed by atoms with Gasteiger partial charge in [0, 0.05) is 10.8 Å². The van der Waals surface area contributed by atoms with Gasteiger partial charge in [-0.15, -0.1) is 5.10 Å². The first-order chi connectivity index (χ1) is 8.74. The highest BCUT2D eigenvalue weighted by atomic mass is 16.3. The van der Waals surface area contributed by atoms with Gasteiger partial charge in [0.15, 0.2) is 5.82 Å². The van der Waals surface area contributed by atoms with Crippen LogP contribution in [0, 0.1) is 0 Å². The molecule has 0 saturated carbocycles. The molecule has 0 spiro atoms. The van der Waals surface area contributed by atoms with Gasteiger partial charge in [-0.2, -0.15) is 5.10 Å². The largest absolute Gasteiger partial charge is 0.394 e. The van der Waals surface area contributed by atoms with Gasteiger partial charge >= 0.3 is 0 Å². The molecular weight excluding hydrogens is 230 g/mol. The van der Waals surface area contributed by atoms with E-state index in [0.29, 0.717) is 12.2 Å². The summed E-state index contributed by atoms with van der Waals surface area (Å²) in [6, 6.07) is 7.72. The van der Waals surface area contributed by atoms with Crippen LogP contribution in [0.2, 0.25) is 0 Å². The second kappa shape index (κ2) is 5.29. The number of aliphatic hydroxyl groups is 2. The molecule has 0 saturated heterocycles. The fourth-order valence-electron chi connectivity index (χ4n) is 1.81. The van der Waals surface area contributed by atoms with E-state index in [2.05, 4.69) is 15.5 Å². The van der Waals surface area contributed by atoms with Gasteiger partial charge in [-0.25, -0.2) is 0 Å². The molecule has 0 aliphatic rings. The van der Waals surface area contributed by atoms with E-state index in [0.717, 1.165) is 10.8 Å². The van der Waals surface area contributed by atoms with Gasteiger partial charge in [0.25, 0.3) is 0 Å². The molecule has 0 unspecified atom stereocenters. The van der Waals surface area contributed by atoms with Gasteiger partial charge in [0.1, 0.15) is 0 Å². The molecule has 0 aliphatic carbocycles. The third-order valence-electron chi connectivity index (χ3n) is 3.24. The zero-order valence-corrected chi connectivity index (χ0v) is 10.3. The Labute approximate surface area is 105 Å². The normalized spacial score (nSPS) is 11.7. The summed E-state index contributed by atoms with van der Waals surface area (Å²) in [5.41, 5.74) is -0.765. The Morgan fingerprint density at radius 1 is 1.22 bits per heavy atom. The van der Waals surface area contributed by atoms with Gasteiger partial charge in [-0.3, -0.25) is 0 Å². The lowest BCUT2D eigenvalue weighted by Crippen LogP contribution is -2.45. The van der Waals surface area contributed by atoms with Crippen LogP contribution in [0.4, 0.5) is 5.82 Å². The lowest BCUT2D eigenvalue weighted by atomic mass is 9.98. The number of hydrogen-bond donors (Lipinski definition) is 3. The number of nitrogens with zero attached hydrogens (tertiary/aromatic N) is 2. The minimum absolute atomic E-state index is 0.162. The van der Waals surface area contributed by atoms with E-state index < -0.39 is 5.54 Å². The Hall–Kier alpha value is -1.72. The number of fused-ring (bicyclic) bond motifs is 1. The van der Waals surface area contributed by atoms with Crippen LogP contribution in [0.5, 0.6) is 0 Å². The first-order valence-electron chi connectivity index (χ1n) is 5.95. The van der Waals surface area contributed by atoms with Crippen molar-refractivity contribution in [2.24, 2.45) is 0 Å². The van der Waals surface area contributed by atoms with Crippen LogP contribution >= 0.6 is 0 Å². The van der Waals surface area contributed by atoms with E-state index in [1.165, 1.54) is 0 Å². The second-order valence-corrected chi connectivity index (χ2v) is 4.36. The molecule has 1 heterocycles. The molecule has 1 aromatic carbocycles. The van der Waals surface area contributed by atoms with Crippen LogP contribution in [0.1, 0.15) is 13.3 Å². The van der Waals surface area contributed by atoms with Gasteiger partial charge in [-0.1, -0.05) is 31.2 Å². The second-order valence-electron chi connectivity index (χ2n) is 4.36. The van der Waals surface area contributed by atoms with E-state index in [1.807, 2.05) is 31.2 Å². The SMILES string of the molecule is CCC(CO)(CO)Nc1nncc2ccccc12. The molecule has 3 N–H and O–H groups in total. The van der Waals surface area contributed by atoms with E-state index in [9.17, 15) is 10.2 Å². The summed E-state index contributed by atoms with van der Waals surface area (Å²) in [6.45, 7) is 1.58. The van der Waals surface area contributed by atoms with Crippen molar-refractivity contribution in [3.8, 4) is 0 Å². The van der Waals surface area contributed by atoms with Crippen molar-refractivity contribution in [2.45, 2.75) is 18.9 Å². The van der Waals surface area contributed by atoms with Gasteiger partial charge in [-0.05, 0) is 6.42 Å². The Morgan fingerprint density at radius 3 is 2.61 bits per heavy atom. The lowest BCUT2D eigenvalue weighted by Gasteiger charge is -2.30. The van der Waals surface area contributed by atoms with Gasteiger partial charge in [0.05, 0.1) is 24.9 Å². The third kappa shape index (κ3) is 2.27. The molecule has 0 bridgehead atoms. The Morgan fingerprint density at radius 2 is 1.94 bits per heavy atom. The van der Waals surface area contributed by atoms with Crippen molar-refractivity contribution in [1.29, 1.82) is 0 Å². The summed E-state index contributed by atoms with van der Waals surface area (Å²) in [4.78, 5) is 0. The average molecular weight is 247 g/mol. The molecule has 5 heteroatoms. The fourth-order valence-corrected chi connectivity index (χ4v) is 1.81. The van der Waals surface area contributed by atoms with Crippen LogP contribution in [-0.2, 0) is 0 Å². The molecule has 2 aromatic rings. The molecule has 0 aliphatic heterocycles. The molecule has 2 rings (SSSR count). The summed E-state index contributed by atoms with van der Waals surface area (Å²) >= 11 is 0. The lowest BCUT2D eigenvalue weighted by molar-refractivity contribution is 0.132.